The van der Waals surface area contributed by atoms with Gasteiger partial charge in [-0.15, -0.1) is 0 Å². The summed E-state index contributed by atoms with van der Waals surface area (Å²) in [4.78, 5) is 13.1. The SMILES string of the molecule is CCOC(=O)[C@H]1CCCC[NH+]1Cc1cccc(F)c1. The van der Waals surface area contributed by atoms with Gasteiger partial charge in [0.15, 0.2) is 6.04 Å². The van der Waals surface area contributed by atoms with Gasteiger partial charge in [0, 0.05) is 12.0 Å². The number of likely N-dealkylation sites (tertiary alicyclic amines) is 1. The summed E-state index contributed by atoms with van der Waals surface area (Å²) in [5, 5.41) is 0. The lowest BCUT2D eigenvalue weighted by Crippen LogP contribution is -3.16. The number of piperidine rings is 1. The summed E-state index contributed by atoms with van der Waals surface area (Å²) >= 11 is 0. The Labute approximate surface area is 113 Å². The van der Waals surface area contributed by atoms with E-state index in [0.717, 1.165) is 31.4 Å². The molecular weight excluding hydrogens is 245 g/mol. The van der Waals surface area contributed by atoms with Crippen molar-refractivity contribution in [3.63, 3.8) is 0 Å². The molecule has 0 spiro atoms. The highest BCUT2D eigenvalue weighted by Crippen LogP contribution is 2.07. The molecule has 1 fully saturated rings. The number of benzene rings is 1. The molecule has 104 valence electrons. The number of nitrogens with one attached hydrogen (secondary N) is 1. The minimum absolute atomic E-state index is 0.100. The molecule has 1 aliphatic rings. The van der Waals surface area contributed by atoms with E-state index in [2.05, 4.69) is 0 Å². The van der Waals surface area contributed by atoms with Crippen molar-refractivity contribution < 1.29 is 18.8 Å². The van der Waals surface area contributed by atoms with Crippen LogP contribution in [0.25, 0.3) is 0 Å². The fourth-order valence-corrected chi connectivity index (χ4v) is 2.73. The average Bonchev–Trinajstić information content (AvgIpc) is 2.39. The van der Waals surface area contributed by atoms with Gasteiger partial charge < -0.3 is 9.64 Å². The Hall–Kier alpha value is -1.42. The maximum absolute atomic E-state index is 13.2. The zero-order valence-corrected chi connectivity index (χ0v) is 11.3. The van der Waals surface area contributed by atoms with Crippen LogP contribution < -0.4 is 4.90 Å². The number of hydrogen-bond donors (Lipinski definition) is 1. The third kappa shape index (κ3) is 3.77. The third-order valence-corrected chi connectivity index (χ3v) is 3.62. The van der Waals surface area contributed by atoms with Crippen molar-refractivity contribution in [3.8, 4) is 0 Å². The summed E-state index contributed by atoms with van der Waals surface area (Å²) < 4.78 is 18.3. The molecular formula is C15H21FNO2+. The van der Waals surface area contributed by atoms with Crippen LogP contribution in [0, 0.1) is 5.82 Å². The zero-order valence-electron chi connectivity index (χ0n) is 11.3. The number of carbonyl (C=O) groups is 1. The Morgan fingerprint density at radius 1 is 1.47 bits per heavy atom. The molecule has 1 unspecified atom stereocenters. The summed E-state index contributed by atoms with van der Waals surface area (Å²) in [6.45, 7) is 3.87. The molecule has 1 saturated heterocycles. The fourth-order valence-electron chi connectivity index (χ4n) is 2.73. The maximum Gasteiger partial charge on any atom is 0.364 e. The van der Waals surface area contributed by atoms with Gasteiger partial charge in [-0.05, 0) is 31.9 Å². The molecule has 0 radical (unpaired) electrons. The van der Waals surface area contributed by atoms with Crippen molar-refractivity contribution in [2.75, 3.05) is 13.2 Å². The fraction of sp³-hybridized carbons (Fsp3) is 0.533. The van der Waals surface area contributed by atoms with Crippen LogP contribution >= 0.6 is 0 Å². The van der Waals surface area contributed by atoms with Crippen LogP contribution in [0.3, 0.4) is 0 Å². The largest absolute Gasteiger partial charge is 0.462 e. The summed E-state index contributed by atoms with van der Waals surface area (Å²) in [6, 6.07) is 6.51. The van der Waals surface area contributed by atoms with E-state index in [1.807, 2.05) is 13.0 Å². The summed E-state index contributed by atoms with van der Waals surface area (Å²) in [7, 11) is 0. The Balaban J connectivity index is 2.05. The number of quaternary nitrogens is 1. The van der Waals surface area contributed by atoms with Crippen LogP contribution in [0.1, 0.15) is 31.7 Å². The number of hydrogen-bond acceptors (Lipinski definition) is 2. The number of esters is 1. The zero-order chi connectivity index (χ0) is 13.7. The molecule has 2 rings (SSSR count). The van der Waals surface area contributed by atoms with Gasteiger partial charge in [0.2, 0.25) is 0 Å². The van der Waals surface area contributed by atoms with Crippen LogP contribution in [0.5, 0.6) is 0 Å². The molecule has 0 amide bonds. The Morgan fingerprint density at radius 3 is 3.05 bits per heavy atom. The van der Waals surface area contributed by atoms with Crippen molar-refractivity contribution in [1.82, 2.24) is 0 Å². The summed E-state index contributed by atoms with van der Waals surface area (Å²) in [5.74, 6) is -0.338. The van der Waals surface area contributed by atoms with E-state index in [0.29, 0.717) is 13.2 Å². The van der Waals surface area contributed by atoms with Gasteiger partial charge in [0.1, 0.15) is 12.4 Å². The first-order valence-electron chi connectivity index (χ1n) is 6.96. The van der Waals surface area contributed by atoms with Crippen LogP contribution in [-0.4, -0.2) is 25.2 Å². The molecule has 0 aromatic heterocycles. The van der Waals surface area contributed by atoms with Gasteiger partial charge in [-0.3, -0.25) is 0 Å². The van der Waals surface area contributed by atoms with E-state index < -0.39 is 0 Å². The van der Waals surface area contributed by atoms with Gasteiger partial charge in [-0.1, -0.05) is 12.1 Å². The number of carbonyl (C=O) groups excluding carboxylic acids is 1. The van der Waals surface area contributed by atoms with Gasteiger partial charge in [0.25, 0.3) is 0 Å². The second-order valence-electron chi connectivity index (χ2n) is 5.02. The summed E-state index contributed by atoms with van der Waals surface area (Å²) in [6.07, 6.45) is 3.04. The van der Waals surface area contributed by atoms with Crippen LogP contribution in [-0.2, 0) is 16.1 Å². The molecule has 1 heterocycles. The monoisotopic (exact) mass is 266 g/mol. The first kappa shape index (κ1) is 14.0. The molecule has 1 N–H and O–H groups in total. The van der Waals surface area contributed by atoms with Gasteiger partial charge in [-0.25, -0.2) is 9.18 Å². The van der Waals surface area contributed by atoms with E-state index in [9.17, 15) is 9.18 Å². The van der Waals surface area contributed by atoms with Crippen molar-refractivity contribution in [2.24, 2.45) is 0 Å². The van der Waals surface area contributed by atoms with Gasteiger partial charge in [-0.2, -0.15) is 0 Å². The highest BCUT2D eigenvalue weighted by molar-refractivity contribution is 5.74. The molecule has 0 saturated carbocycles. The second kappa shape index (κ2) is 6.66. The second-order valence-corrected chi connectivity index (χ2v) is 5.02. The average molecular weight is 266 g/mol. The summed E-state index contributed by atoms with van der Waals surface area (Å²) in [5.41, 5.74) is 0.936. The molecule has 0 aliphatic carbocycles. The molecule has 2 atom stereocenters. The van der Waals surface area contributed by atoms with Crippen LogP contribution in [0.4, 0.5) is 4.39 Å². The highest BCUT2D eigenvalue weighted by Gasteiger charge is 2.33. The topological polar surface area (TPSA) is 30.7 Å². The van der Waals surface area contributed by atoms with Gasteiger partial charge >= 0.3 is 5.97 Å². The van der Waals surface area contributed by atoms with E-state index in [-0.39, 0.29) is 17.8 Å². The molecule has 19 heavy (non-hydrogen) atoms. The lowest BCUT2D eigenvalue weighted by Gasteiger charge is -2.30. The quantitative estimate of drug-likeness (QED) is 0.833. The lowest BCUT2D eigenvalue weighted by molar-refractivity contribution is -0.935. The first-order valence-corrected chi connectivity index (χ1v) is 6.96. The predicted octanol–water partition coefficient (Wildman–Crippen LogP) is 1.33. The third-order valence-electron chi connectivity index (χ3n) is 3.62. The van der Waals surface area contributed by atoms with E-state index in [1.165, 1.54) is 11.0 Å². The minimum atomic E-state index is -0.221. The molecule has 1 aromatic carbocycles. The standard InChI is InChI=1S/C15H20FNO2/c1-2-19-15(18)14-8-3-4-9-17(14)11-12-6-5-7-13(16)10-12/h5-7,10,14H,2-4,8-9,11H2,1H3/p+1/t14-/m1/s1. The maximum atomic E-state index is 13.2. The molecule has 1 aromatic rings. The van der Waals surface area contributed by atoms with Crippen LogP contribution in [0.15, 0.2) is 24.3 Å². The van der Waals surface area contributed by atoms with Crippen molar-refractivity contribution in [1.29, 1.82) is 0 Å². The van der Waals surface area contributed by atoms with E-state index in [4.69, 9.17) is 4.74 Å². The van der Waals surface area contributed by atoms with Crippen molar-refractivity contribution in [2.45, 2.75) is 38.8 Å². The highest BCUT2D eigenvalue weighted by atomic mass is 19.1. The number of ether oxygens (including phenoxy) is 1. The Morgan fingerprint density at radius 2 is 2.32 bits per heavy atom. The molecule has 1 aliphatic heterocycles. The Kier molecular flexibility index (Phi) is 4.91. The minimum Gasteiger partial charge on any atom is -0.462 e. The van der Waals surface area contributed by atoms with Crippen LogP contribution in [0.2, 0.25) is 0 Å². The Bertz CT molecular complexity index is 436. The van der Waals surface area contributed by atoms with Gasteiger partial charge in [0.05, 0.1) is 13.2 Å². The van der Waals surface area contributed by atoms with Crippen molar-refractivity contribution >= 4 is 5.97 Å². The van der Waals surface area contributed by atoms with Crippen molar-refractivity contribution in [3.05, 3.63) is 35.6 Å². The molecule has 4 heteroatoms. The number of halogens is 1. The smallest absolute Gasteiger partial charge is 0.364 e. The number of rotatable bonds is 4. The normalized spacial score (nSPS) is 23.1. The molecule has 0 bridgehead atoms. The lowest BCUT2D eigenvalue weighted by atomic mass is 10.0. The molecule has 3 nitrogen and oxygen atoms in total. The van der Waals surface area contributed by atoms with E-state index >= 15 is 0 Å². The van der Waals surface area contributed by atoms with E-state index in [1.54, 1.807) is 12.1 Å². The first-order chi connectivity index (χ1) is 9.20. The predicted molar refractivity (Wildman–Crippen MR) is 70.2 cm³/mol.